The summed E-state index contributed by atoms with van der Waals surface area (Å²) < 4.78 is 0.763. The van der Waals surface area contributed by atoms with Gasteiger partial charge in [0.25, 0.3) is 0 Å². The van der Waals surface area contributed by atoms with Crippen molar-refractivity contribution in [3.8, 4) is 0 Å². The molecular weight excluding hydrogens is 476 g/mol. The number of likely N-dealkylation sites (N-methyl/N-ethyl adjacent to an activating group) is 1. The Morgan fingerprint density at radius 3 is 2.29 bits per heavy atom. The lowest BCUT2D eigenvalue weighted by molar-refractivity contribution is -0.907. The summed E-state index contributed by atoms with van der Waals surface area (Å²) in [6, 6.07) is 17.1. The van der Waals surface area contributed by atoms with Crippen LogP contribution in [-0.4, -0.2) is 72.5 Å². The van der Waals surface area contributed by atoms with Crippen LogP contribution in [0.25, 0.3) is 10.9 Å². The van der Waals surface area contributed by atoms with Crippen LogP contribution in [0, 0.1) is 0 Å². The van der Waals surface area contributed by atoms with Gasteiger partial charge in [-0.05, 0) is 41.7 Å². The van der Waals surface area contributed by atoms with Crippen LogP contribution >= 0.6 is 0 Å². The number of hydrogen-bond acceptors (Lipinski definition) is 6. The minimum absolute atomic E-state index is 0.0264. The van der Waals surface area contributed by atoms with E-state index in [9.17, 15) is 9.59 Å². The molecule has 38 heavy (non-hydrogen) atoms. The topological polar surface area (TPSA) is 137 Å². The summed E-state index contributed by atoms with van der Waals surface area (Å²) >= 11 is 0. The number of ketones is 1. The van der Waals surface area contributed by atoms with Crippen LogP contribution in [-0.2, 0) is 28.9 Å². The van der Waals surface area contributed by atoms with Crippen molar-refractivity contribution in [1.82, 2.24) is 10.3 Å². The van der Waals surface area contributed by atoms with Crippen LogP contribution in [0.5, 0.6) is 0 Å². The molecule has 202 valence electrons. The van der Waals surface area contributed by atoms with Gasteiger partial charge >= 0.3 is 0 Å². The highest BCUT2D eigenvalue weighted by Gasteiger charge is 2.45. The molecule has 4 rings (SSSR count). The minimum atomic E-state index is -1.02. The summed E-state index contributed by atoms with van der Waals surface area (Å²) in [5, 5.41) is 4.10. The van der Waals surface area contributed by atoms with Gasteiger partial charge in [0.1, 0.15) is 5.54 Å². The molecule has 7 N–H and O–H groups in total. The SMILES string of the molecule is C[N+](CCN)(CCN)CCC[C@H](N)C(=O)NC1(C(=O)Cc2cnc3ccccc3c2)Cc2ccccc2C1. The molecule has 0 aliphatic heterocycles. The number of rotatable bonds is 13. The Kier molecular flexibility index (Phi) is 8.89. The van der Waals surface area contributed by atoms with Crippen LogP contribution in [0.1, 0.15) is 29.5 Å². The molecule has 1 atom stereocenters. The van der Waals surface area contributed by atoms with Crippen LogP contribution in [0.3, 0.4) is 0 Å². The zero-order valence-electron chi connectivity index (χ0n) is 22.4. The molecule has 0 radical (unpaired) electrons. The second kappa shape index (κ2) is 12.1. The van der Waals surface area contributed by atoms with Crippen molar-refractivity contribution in [3.63, 3.8) is 0 Å². The van der Waals surface area contributed by atoms with Crippen LogP contribution in [0.2, 0.25) is 0 Å². The first kappa shape index (κ1) is 27.9. The molecule has 0 spiro atoms. The molecule has 0 saturated carbocycles. The Hall–Kier alpha value is -3.17. The molecular formula is C30H41N6O2+. The standard InChI is InChI=1S/C30H40N6O2/c1-36(15-12-31,16-13-32)14-6-10-26(33)29(38)35-30(19-24-8-2-3-9-25(24)20-30)28(37)18-22-17-23-7-4-5-11-27(23)34-21-22/h2-5,7-9,11,17,21,26H,6,10,12-16,18-20,31-33H2,1H3/p+1/t26-/m0/s1. The molecule has 0 saturated heterocycles. The van der Waals surface area contributed by atoms with Gasteiger partial charge in [-0.3, -0.25) is 14.6 Å². The number of fused-ring (bicyclic) bond motifs is 2. The molecule has 2 aromatic carbocycles. The van der Waals surface area contributed by atoms with E-state index in [4.69, 9.17) is 17.2 Å². The third-order valence-electron chi connectivity index (χ3n) is 7.90. The molecule has 8 heteroatoms. The molecule has 0 fully saturated rings. The van der Waals surface area contributed by atoms with Gasteiger partial charge in [0, 0.05) is 43.9 Å². The third kappa shape index (κ3) is 6.45. The van der Waals surface area contributed by atoms with Gasteiger partial charge in [0.15, 0.2) is 5.78 Å². The smallest absolute Gasteiger partial charge is 0.237 e. The number of aromatic nitrogens is 1. The number of Topliss-reactive ketones (excluding diaryl/α,β-unsaturated/α-hetero) is 1. The fourth-order valence-electron chi connectivity index (χ4n) is 5.65. The lowest BCUT2D eigenvalue weighted by Gasteiger charge is -2.34. The summed E-state index contributed by atoms with van der Waals surface area (Å²) in [4.78, 5) is 31.7. The number of para-hydroxylation sites is 1. The molecule has 8 nitrogen and oxygen atoms in total. The Balaban J connectivity index is 1.47. The van der Waals surface area contributed by atoms with Crippen molar-refractivity contribution in [2.75, 3.05) is 39.8 Å². The highest BCUT2D eigenvalue weighted by molar-refractivity contribution is 5.97. The number of quaternary nitrogens is 1. The fourth-order valence-corrected chi connectivity index (χ4v) is 5.65. The summed E-state index contributed by atoms with van der Waals surface area (Å²) in [5.41, 5.74) is 20.8. The largest absolute Gasteiger partial charge is 0.342 e. The van der Waals surface area contributed by atoms with E-state index >= 15 is 0 Å². The minimum Gasteiger partial charge on any atom is -0.342 e. The Morgan fingerprint density at radius 2 is 1.63 bits per heavy atom. The fraction of sp³-hybridized carbons (Fsp3) is 0.433. The number of hydrogen-bond donors (Lipinski definition) is 4. The predicted octanol–water partition coefficient (Wildman–Crippen LogP) is 1.47. The van der Waals surface area contributed by atoms with Gasteiger partial charge in [-0.2, -0.15) is 0 Å². The number of benzene rings is 2. The lowest BCUT2D eigenvalue weighted by Crippen LogP contribution is -2.59. The van der Waals surface area contributed by atoms with Gasteiger partial charge in [0.05, 0.1) is 38.2 Å². The van der Waals surface area contributed by atoms with Crippen LogP contribution in [0.15, 0.2) is 60.8 Å². The maximum Gasteiger partial charge on any atom is 0.237 e. The average molecular weight is 518 g/mol. The highest BCUT2D eigenvalue weighted by atomic mass is 16.2. The Labute approximate surface area is 225 Å². The Bertz CT molecular complexity index is 1250. The number of carbonyl (C=O) groups is 2. The zero-order valence-corrected chi connectivity index (χ0v) is 22.4. The maximum absolute atomic E-state index is 13.9. The summed E-state index contributed by atoms with van der Waals surface area (Å²) in [6.45, 7) is 3.68. The quantitative estimate of drug-likeness (QED) is 0.254. The van der Waals surface area contributed by atoms with Crippen molar-refractivity contribution >= 4 is 22.6 Å². The second-order valence-corrected chi connectivity index (χ2v) is 10.9. The number of nitrogens with zero attached hydrogens (tertiary/aromatic N) is 2. The number of nitrogens with one attached hydrogen (secondary N) is 1. The second-order valence-electron chi connectivity index (χ2n) is 10.9. The molecule has 0 unspecified atom stereocenters. The monoisotopic (exact) mass is 517 g/mol. The first-order valence-corrected chi connectivity index (χ1v) is 13.5. The Morgan fingerprint density at radius 1 is 1.00 bits per heavy atom. The first-order valence-electron chi connectivity index (χ1n) is 13.5. The van der Waals surface area contributed by atoms with E-state index in [1.54, 1.807) is 6.20 Å². The normalized spacial score (nSPS) is 15.3. The molecule has 1 heterocycles. The van der Waals surface area contributed by atoms with Gasteiger partial charge in [-0.25, -0.2) is 0 Å². The van der Waals surface area contributed by atoms with Crippen molar-refractivity contribution in [2.45, 2.75) is 43.7 Å². The molecule has 3 aromatic rings. The maximum atomic E-state index is 13.9. The van der Waals surface area contributed by atoms with E-state index in [1.165, 1.54) is 0 Å². The molecule has 1 aliphatic carbocycles. The van der Waals surface area contributed by atoms with E-state index in [1.807, 2.05) is 54.6 Å². The number of amides is 1. The summed E-state index contributed by atoms with van der Waals surface area (Å²) in [5.74, 6) is -0.309. The molecule has 1 amide bonds. The van der Waals surface area contributed by atoms with Gasteiger partial charge in [0.2, 0.25) is 5.91 Å². The van der Waals surface area contributed by atoms with Gasteiger partial charge in [-0.1, -0.05) is 42.5 Å². The van der Waals surface area contributed by atoms with Crippen molar-refractivity contribution in [3.05, 3.63) is 77.5 Å². The van der Waals surface area contributed by atoms with Crippen LogP contribution in [0.4, 0.5) is 0 Å². The zero-order chi connectivity index (χ0) is 27.2. The van der Waals surface area contributed by atoms with Crippen LogP contribution < -0.4 is 22.5 Å². The number of pyridine rings is 1. The number of carbonyl (C=O) groups excluding carboxylic acids is 2. The van der Waals surface area contributed by atoms with E-state index in [-0.39, 0.29) is 18.1 Å². The van der Waals surface area contributed by atoms with E-state index < -0.39 is 11.6 Å². The highest BCUT2D eigenvalue weighted by Crippen LogP contribution is 2.32. The predicted molar refractivity (Wildman–Crippen MR) is 151 cm³/mol. The molecule has 1 aromatic heterocycles. The van der Waals surface area contributed by atoms with Gasteiger partial charge in [-0.15, -0.1) is 0 Å². The third-order valence-corrected chi connectivity index (χ3v) is 7.90. The number of nitrogens with two attached hydrogens (primary N) is 3. The summed E-state index contributed by atoms with van der Waals surface area (Å²) in [6.07, 6.45) is 4.17. The lowest BCUT2D eigenvalue weighted by atomic mass is 9.86. The average Bonchev–Trinajstić information content (AvgIpc) is 3.28. The van der Waals surface area contributed by atoms with Gasteiger partial charge < -0.3 is 27.0 Å². The molecule has 1 aliphatic rings. The van der Waals surface area contributed by atoms with Crippen molar-refractivity contribution in [2.24, 2.45) is 17.2 Å². The summed E-state index contributed by atoms with van der Waals surface area (Å²) in [7, 11) is 2.14. The van der Waals surface area contributed by atoms with E-state index in [2.05, 4.69) is 17.3 Å². The first-order chi connectivity index (χ1) is 18.3. The van der Waals surface area contributed by atoms with Crippen molar-refractivity contribution in [1.29, 1.82) is 0 Å². The van der Waals surface area contributed by atoms with E-state index in [0.717, 1.165) is 58.1 Å². The molecule has 0 bridgehead atoms. The van der Waals surface area contributed by atoms with Crippen molar-refractivity contribution < 1.29 is 14.1 Å². The van der Waals surface area contributed by atoms with E-state index in [0.29, 0.717) is 32.4 Å².